The maximum Gasteiger partial charge on any atom is 0.137 e. The molecule has 0 bridgehead atoms. The van der Waals surface area contributed by atoms with E-state index in [0.29, 0.717) is 4.64 Å². The van der Waals surface area contributed by atoms with Crippen LogP contribution in [0.1, 0.15) is 5.56 Å². The van der Waals surface area contributed by atoms with Gasteiger partial charge in [-0.05, 0) is 0 Å². The number of hydrogen-bond acceptors (Lipinski definition) is 3. The number of nitrogens with one attached hydrogen (secondary N) is 1. The molecule has 10 heavy (non-hydrogen) atoms. The summed E-state index contributed by atoms with van der Waals surface area (Å²) in [6, 6.07) is 0. The zero-order valence-corrected chi connectivity index (χ0v) is 5.98. The summed E-state index contributed by atoms with van der Waals surface area (Å²) in [5, 5.41) is 0. The van der Waals surface area contributed by atoms with Gasteiger partial charge in [-0.15, -0.1) is 0 Å². The third-order valence-electron chi connectivity index (χ3n) is 1.44. The van der Waals surface area contributed by atoms with Gasteiger partial charge in [-0.3, -0.25) is 0 Å². The first kappa shape index (κ1) is 5.73. The Morgan fingerprint density at radius 1 is 1.60 bits per heavy atom. The van der Waals surface area contributed by atoms with Crippen molar-refractivity contribution in [3.8, 4) is 0 Å². The first-order chi connectivity index (χ1) is 4.88. The lowest BCUT2D eigenvalue weighted by Gasteiger charge is -1.92. The number of aromatic nitrogens is 2. The second kappa shape index (κ2) is 1.98. The van der Waals surface area contributed by atoms with Crippen LogP contribution in [0, 0.1) is 4.64 Å². The fourth-order valence-electron chi connectivity index (χ4n) is 0.946. The molecule has 0 aliphatic carbocycles. The maximum absolute atomic E-state index is 4.97. The van der Waals surface area contributed by atoms with Gasteiger partial charge in [0.15, 0.2) is 0 Å². The highest BCUT2D eigenvalue weighted by molar-refractivity contribution is 7.71. The van der Waals surface area contributed by atoms with Gasteiger partial charge in [-0.2, -0.15) is 0 Å². The van der Waals surface area contributed by atoms with Crippen LogP contribution in [0.2, 0.25) is 0 Å². The van der Waals surface area contributed by atoms with Crippen LogP contribution in [0.25, 0.3) is 0 Å². The van der Waals surface area contributed by atoms with Gasteiger partial charge in [-0.1, -0.05) is 12.2 Å². The van der Waals surface area contributed by atoms with Gasteiger partial charge in [0.2, 0.25) is 0 Å². The summed E-state index contributed by atoms with van der Waals surface area (Å²) in [6.45, 7) is 0. The van der Waals surface area contributed by atoms with Gasteiger partial charge < -0.3 is 4.98 Å². The number of aromatic amines is 1. The van der Waals surface area contributed by atoms with E-state index in [4.69, 9.17) is 12.2 Å². The minimum atomic E-state index is 0.659. The summed E-state index contributed by atoms with van der Waals surface area (Å²) in [5.41, 5.74) is 1.04. The molecule has 0 amide bonds. The van der Waals surface area contributed by atoms with Crippen molar-refractivity contribution in [1.82, 2.24) is 9.97 Å². The van der Waals surface area contributed by atoms with Crippen LogP contribution in [-0.4, -0.2) is 16.2 Å². The molecule has 0 fully saturated rings. The fraction of sp³-hybridized carbons (Fsp3) is 0.167. The monoisotopic (exact) mass is 151 g/mol. The summed E-state index contributed by atoms with van der Waals surface area (Å²) in [6.07, 6.45) is 4.22. The number of aliphatic imine (C=N–C) groups is 1. The minimum Gasteiger partial charge on any atom is -0.331 e. The molecule has 0 saturated carbocycles. The molecule has 0 unspecified atom stereocenters. The molecule has 2 rings (SSSR count). The van der Waals surface area contributed by atoms with Gasteiger partial charge in [-0.25, -0.2) is 9.98 Å². The Balaban J connectivity index is 2.77. The molecule has 1 aliphatic heterocycles. The molecule has 3 nitrogen and oxygen atoms in total. The van der Waals surface area contributed by atoms with Crippen LogP contribution in [0.15, 0.2) is 11.3 Å². The molecule has 0 atom stereocenters. The first-order valence-corrected chi connectivity index (χ1v) is 3.38. The van der Waals surface area contributed by atoms with E-state index in [1.165, 1.54) is 0 Å². The molecule has 1 aliphatic rings. The molecular formula is C6H5N3S. The van der Waals surface area contributed by atoms with E-state index in [0.717, 1.165) is 17.8 Å². The fourth-order valence-corrected chi connectivity index (χ4v) is 1.18. The Kier molecular flexibility index (Phi) is 1.14. The van der Waals surface area contributed by atoms with Crippen LogP contribution in [0.5, 0.6) is 0 Å². The van der Waals surface area contributed by atoms with E-state index in [1.807, 2.05) is 6.21 Å². The lowest BCUT2D eigenvalue weighted by molar-refractivity contribution is 1.11. The highest BCUT2D eigenvalue weighted by Gasteiger charge is 2.07. The van der Waals surface area contributed by atoms with Crippen molar-refractivity contribution < 1.29 is 0 Å². The Morgan fingerprint density at radius 2 is 2.50 bits per heavy atom. The van der Waals surface area contributed by atoms with E-state index in [9.17, 15) is 0 Å². The average Bonchev–Trinajstić information content (AvgIpc) is 2.36. The van der Waals surface area contributed by atoms with Crippen LogP contribution in [-0.2, 0) is 6.42 Å². The third kappa shape index (κ3) is 0.690. The molecule has 0 saturated heterocycles. The van der Waals surface area contributed by atoms with Crippen molar-refractivity contribution in [3.63, 3.8) is 0 Å². The molecule has 50 valence electrons. The third-order valence-corrected chi connectivity index (χ3v) is 1.79. The van der Waals surface area contributed by atoms with E-state index >= 15 is 0 Å². The summed E-state index contributed by atoms with van der Waals surface area (Å²) >= 11 is 4.97. The van der Waals surface area contributed by atoms with Crippen molar-refractivity contribution in [1.29, 1.82) is 0 Å². The Morgan fingerprint density at radius 3 is 3.30 bits per heavy atom. The van der Waals surface area contributed by atoms with E-state index in [-0.39, 0.29) is 0 Å². The Bertz CT molecular complexity index is 339. The summed E-state index contributed by atoms with van der Waals surface area (Å²) in [4.78, 5) is 10.9. The topological polar surface area (TPSA) is 41.0 Å². The van der Waals surface area contributed by atoms with Crippen molar-refractivity contribution in [2.45, 2.75) is 6.42 Å². The summed E-state index contributed by atoms with van der Waals surface area (Å²) in [7, 11) is 0. The second-order valence-corrected chi connectivity index (χ2v) is 2.44. The normalized spacial score (nSPS) is 13.6. The number of rotatable bonds is 0. The zero-order chi connectivity index (χ0) is 6.97. The number of nitrogens with zero attached hydrogens (tertiary/aromatic N) is 2. The van der Waals surface area contributed by atoms with Gasteiger partial charge in [0.25, 0.3) is 0 Å². The lowest BCUT2D eigenvalue weighted by atomic mass is 10.3. The van der Waals surface area contributed by atoms with Gasteiger partial charge in [0.1, 0.15) is 10.5 Å². The van der Waals surface area contributed by atoms with Crippen LogP contribution >= 0.6 is 12.2 Å². The van der Waals surface area contributed by atoms with Crippen molar-refractivity contribution in [3.05, 3.63) is 16.5 Å². The van der Waals surface area contributed by atoms with E-state index < -0.39 is 0 Å². The van der Waals surface area contributed by atoms with Gasteiger partial charge >= 0.3 is 0 Å². The Hall–Kier alpha value is -1.03. The summed E-state index contributed by atoms with van der Waals surface area (Å²) in [5.74, 6) is 0.861. The van der Waals surface area contributed by atoms with Crippen molar-refractivity contribution in [2.75, 3.05) is 0 Å². The molecule has 2 heterocycles. The molecule has 0 aromatic carbocycles. The van der Waals surface area contributed by atoms with Crippen LogP contribution < -0.4 is 0 Å². The highest BCUT2D eigenvalue weighted by atomic mass is 32.1. The van der Waals surface area contributed by atoms with Crippen molar-refractivity contribution >= 4 is 24.3 Å². The average molecular weight is 151 g/mol. The number of hydrogen-bond donors (Lipinski definition) is 1. The molecule has 1 aromatic rings. The van der Waals surface area contributed by atoms with Crippen LogP contribution in [0.4, 0.5) is 5.82 Å². The van der Waals surface area contributed by atoms with Crippen LogP contribution in [0.3, 0.4) is 0 Å². The molecule has 1 N–H and O–H groups in total. The molecule has 4 heteroatoms. The lowest BCUT2D eigenvalue weighted by Crippen LogP contribution is -1.85. The number of fused-ring (bicyclic) bond motifs is 1. The van der Waals surface area contributed by atoms with Gasteiger partial charge in [0, 0.05) is 18.2 Å². The maximum atomic E-state index is 4.97. The smallest absolute Gasteiger partial charge is 0.137 e. The van der Waals surface area contributed by atoms with Crippen molar-refractivity contribution in [2.24, 2.45) is 4.99 Å². The molecule has 0 radical (unpaired) electrons. The molecule has 0 spiro atoms. The quantitative estimate of drug-likeness (QED) is 0.569. The number of H-pyrrole nitrogens is 1. The predicted molar refractivity (Wildman–Crippen MR) is 41.3 cm³/mol. The highest BCUT2D eigenvalue weighted by Crippen LogP contribution is 2.19. The molecule has 1 aromatic heterocycles. The minimum absolute atomic E-state index is 0.659. The Labute approximate surface area is 62.8 Å². The second-order valence-electron chi connectivity index (χ2n) is 2.05. The SMILES string of the molecule is S=c1nc[nH]c2c1CC=N2. The van der Waals surface area contributed by atoms with Gasteiger partial charge in [0.05, 0.1) is 6.33 Å². The van der Waals surface area contributed by atoms with E-state index in [1.54, 1.807) is 6.33 Å². The largest absolute Gasteiger partial charge is 0.331 e. The van der Waals surface area contributed by atoms with E-state index in [2.05, 4.69) is 15.0 Å². The predicted octanol–water partition coefficient (Wildman–Crippen LogP) is 1.40. The summed E-state index contributed by atoms with van der Waals surface area (Å²) < 4.78 is 0.659. The zero-order valence-electron chi connectivity index (χ0n) is 5.16. The first-order valence-electron chi connectivity index (χ1n) is 2.97. The standard InChI is InChI=1S/C6H5N3S/c10-6-4-1-2-7-5(4)8-3-9-6/h2-3H,1H2,(H,8,9,10). The molecular weight excluding hydrogens is 146 g/mol.